The molecule has 11 aromatic rings. The minimum Gasteiger partial charge on any atom is -0.456 e. The molecule has 0 fully saturated rings. The van der Waals surface area contributed by atoms with Gasteiger partial charge < -0.3 is 4.74 Å². The summed E-state index contributed by atoms with van der Waals surface area (Å²) in [5, 5.41) is 4.87. The summed E-state index contributed by atoms with van der Waals surface area (Å²) in [6.45, 7) is 0. The molecule has 1 aliphatic heterocycles. The van der Waals surface area contributed by atoms with Gasteiger partial charge >= 0.3 is 0 Å². The molecular formula is C64H38O. The zero-order chi connectivity index (χ0) is 42.4. The van der Waals surface area contributed by atoms with Crippen molar-refractivity contribution in [2.24, 2.45) is 0 Å². The Morgan fingerprint density at radius 2 is 0.785 bits per heavy atom. The quantitative estimate of drug-likeness (QED) is 0.169. The summed E-state index contributed by atoms with van der Waals surface area (Å²) in [7, 11) is 0. The Hall–Kier alpha value is -8.26. The van der Waals surface area contributed by atoms with Gasteiger partial charge in [0.15, 0.2) is 0 Å². The summed E-state index contributed by atoms with van der Waals surface area (Å²) < 4.78 is 7.10. The second-order valence-corrected chi connectivity index (χ2v) is 18.1. The van der Waals surface area contributed by atoms with Gasteiger partial charge in [0, 0.05) is 16.5 Å². The second-order valence-electron chi connectivity index (χ2n) is 18.1. The van der Waals surface area contributed by atoms with Crippen molar-refractivity contribution in [3.05, 3.63) is 275 Å². The molecule has 0 N–H and O–H groups in total. The highest BCUT2D eigenvalue weighted by molar-refractivity contribution is 6.07. The van der Waals surface area contributed by atoms with Gasteiger partial charge in [-0.15, -0.1) is 0 Å². The molecule has 0 bridgehead atoms. The zero-order valence-corrected chi connectivity index (χ0v) is 35.3. The maximum absolute atomic E-state index is 7.10. The highest BCUT2D eigenvalue weighted by atomic mass is 16.5. The Balaban J connectivity index is 0.990. The Bertz CT molecular complexity index is 3840. The SMILES string of the molecule is c1cc(-c2cccc3c2-c2ccccc2C32c3ccccc3-c3ccc4ccccc4c32)cc(-c2cc3c(c4ccccc24)Oc2ccccc2C32c3ccccc3-c3ccccc32)c1. The van der Waals surface area contributed by atoms with Gasteiger partial charge in [0.05, 0.1) is 10.8 Å². The topological polar surface area (TPSA) is 9.23 Å². The summed E-state index contributed by atoms with van der Waals surface area (Å²) in [5.41, 5.74) is 22.0. The van der Waals surface area contributed by atoms with Crippen molar-refractivity contribution in [2.45, 2.75) is 10.8 Å². The van der Waals surface area contributed by atoms with Gasteiger partial charge in [-0.25, -0.2) is 0 Å². The Morgan fingerprint density at radius 3 is 1.52 bits per heavy atom. The summed E-state index contributed by atoms with van der Waals surface area (Å²) in [5.74, 6) is 1.83. The molecule has 0 saturated heterocycles. The lowest BCUT2D eigenvalue weighted by Gasteiger charge is -2.40. The van der Waals surface area contributed by atoms with Gasteiger partial charge in [-0.2, -0.15) is 0 Å². The number of fused-ring (bicyclic) bond motifs is 23. The summed E-state index contributed by atoms with van der Waals surface area (Å²) in [4.78, 5) is 0. The molecule has 0 amide bonds. The molecule has 65 heavy (non-hydrogen) atoms. The molecule has 4 aliphatic rings. The van der Waals surface area contributed by atoms with E-state index >= 15 is 0 Å². The molecule has 3 aliphatic carbocycles. The highest BCUT2D eigenvalue weighted by Gasteiger charge is 2.54. The summed E-state index contributed by atoms with van der Waals surface area (Å²) >= 11 is 0. The van der Waals surface area contributed by atoms with Crippen LogP contribution in [0.25, 0.3) is 77.2 Å². The minimum atomic E-state index is -0.565. The molecule has 0 aromatic heterocycles. The average Bonchev–Trinajstić information content (AvgIpc) is 3.97. The van der Waals surface area contributed by atoms with Crippen molar-refractivity contribution >= 4 is 21.5 Å². The molecule has 2 spiro atoms. The fraction of sp³-hybridized carbons (Fsp3) is 0.0312. The van der Waals surface area contributed by atoms with Crippen molar-refractivity contribution in [3.63, 3.8) is 0 Å². The van der Waals surface area contributed by atoms with Crippen LogP contribution < -0.4 is 4.74 Å². The van der Waals surface area contributed by atoms with Crippen LogP contribution in [-0.4, -0.2) is 0 Å². The van der Waals surface area contributed by atoms with E-state index in [0.717, 1.165) is 16.9 Å². The van der Waals surface area contributed by atoms with Crippen LogP contribution in [0.4, 0.5) is 0 Å². The standard InChI is InChI=1S/C64H38O/c1-2-20-43-39(17-1)35-36-48-47-24-7-11-30-54(47)64(61(43)48)55-31-12-8-26-50(55)60-42(27-16-33-57(60)64)40-18-15-19-41(37-40)51-38-58-62(49-25-4-3-21-44(49)51)65-59-34-14-13-32-56(59)63(58)52-28-9-5-22-45(52)46-23-6-10-29-53(46)63/h1-38H. The summed E-state index contributed by atoms with van der Waals surface area (Å²) in [6, 6.07) is 86.2. The van der Waals surface area contributed by atoms with Gasteiger partial charge in [-0.3, -0.25) is 0 Å². The van der Waals surface area contributed by atoms with Crippen LogP contribution in [0, 0.1) is 0 Å². The molecule has 1 heterocycles. The van der Waals surface area contributed by atoms with Gasteiger partial charge in [-0.05, 0) is 123 Å². The van der Waals surface area contributed by atoms with E-state index in [2.05, 4.69) is 231 Å². The predicted molar refractivity (Wildman–Crippen MR) is 266 cm³/mol. The molecule has 1 heteroatoms. The average molecular weight is 823 g/mol. The molecule has 15 rings (SSSR count). The molecule has 300 valence electrons. The van der Waals surface area contributed by atoms with E-state index < -0.39 is 10.8 Å². The summed E-state index contributed by atoms with van der Waals surface area (Å²) in [6.07, 6.45) is 0. The van der Waals surface area contributed by atoms with Crippen molar-refractivity contribution in [1.82, 2.24) is 0 Å². The lowest BCUT2D eigenvalue weighted by atomic mass is 9.65. The zero-order valence-electron chi connectivity index (χ0n) is 35.3. The minimum absolute atomic E-state index is 0.459. The van der Waals surface area contributed by atoms with Gasteiger partial charge in [0.1, 0.15) is 11.5 Å². The molecule has 1 atom stereocenters. The third-order valence-electron chi connectivity index (χ3n) is 15.3. The van der Waals surface area contributed by atoms with E-state index in [9.17, 15) is 0 Å². The normalized spacial score (nSPS) is 16.0. The van der Waals surface area contributed by atoms with E-state index in [1.165, 1.54) is 116 Å². The first-order chi connectivity index (χ1) is 32.3. The Labute approximate surface area is 377 Å². The largest absolute Gasteiger partial charge is 0.456 e. The number of hydrogen-bond donors (Lipinski definition) is 0. The number of para-hydroxylation sites is 1. The molecule has 11 aromatic carbocycles. The fourth-order valence-corrected chi connectivity index (χ4v) is 13.0. The van der Waals surface area contributed by atoms with Crippen LogP contribution in [0.15, 0.2) is 231 Å². The molecule has 0 radical (unpaired) electrons. The van der Waals surface area contributed by atoms with Gasteiger partial charge in [-0.1, -0.05) is 212 Å². The van der Waals surface area contributed by atoms with Crippen LogP contribution in [0.1, 0.15) is 44.5 Å². The predicted octanol–water partition coefficient (Wildman–Crippen LogP) is 16.1. The Morgan fingerprint density at radius 1 is 0.277 bits per heavy atom. The third-order valence-corrected chi connectivity index (χ3v) is 15.3. The van der Waals surface area contributed by atoms with E-state index in [1.54, 1.807) is 0 Å². The lowest BCUT2D eigenvalue weighted by Crippen LogP contribution is -2.32. The number of ether oxygens (including phenoxy) is 1. The van der Waals surface area contributed by atoms with E-state index in [4.69, 9.17) is 4.74 Å². The molecule has 0 saturated carbocycles. The molecule has 1 nitrogen and oxygen atoms in total. The Kier molecular flexibility index (Phi) is 6.88. The lowest BCUT2D eigenvalue weighted by molar-refractivity contribution is 0.442. The third kappa shape index (κ3) is 4.29. The van der Waals surface area contributed by atoms with Crippen LogP contribution >= 0.6 is 0 Å². The van der Waals surface area contributed by atoms with E-state index in [0.29, 0.717) is 0 Å². The van der Waals surface area contributed by atoms with Crippen molar-refractivity contribution < 1.29 is 4.74 Å². The first kappa shape index (κ1) is 35.2. The second kappa shape index (κ2) is 12.7. The van der Waals surface area contributed by atoms with Crippen molar-refractivity contribution in [3.8, 4) is 67.1 Å². The van der Waals surface area contributed by atoms with Crippen LogP contribution in [-0.2, 0) is 10.8 Å². The monoisotopic (exact) mass is 822 g/mol. The fourth-order valence-electron chi connectivity index (χ4n) is 13.0. The first-order valence-corrected chi connectivity index (χ1v) is 22.8. The van der Waals surface area contributed by atoms with E-state index in [-0.39, 0.29) is 0 Å². The number of rotatable bonds is 2. The van der Waals surface area contributed by atoms with Crippen molar-refractivity contribution in [2.75, 3.05) is 0 Å². The van der Waals surface area contributed by atoms with Crippen LogP contribution in [0.3, 0.4) is 0 Å². The van der Waals surface area contributed by atoms with Gasteiger partial charge in [0.2, 0.25) is 0 Å². The molecule has 1 unspecified atom stereocenters. The van der Waals surface area contributed by atoms with Gasteiger partial charge in [0.25, 0.3) is 0 Å². The smallest absolute Gasteiger partial charge is 0.140 e. The maximum Gasteiger partial charge on any atom is 0.140 e. The first-order valence-electron chi connectivity index (χ1n) is 22.8. The highest BCUT2D eigenvalue weighted by Crippen LogP contribution is 2.66. The van der Waals surface area contributed by atoms with Crippen LogP contribution in [0.2, 0.25) is 0 Å². The maximum atomic E-state index is 7.10. The molecular weight excluding hydrogens is 785 g/mol. The van der Waals surface area contributed by atoms with E-state index in [1.807, 2.05) is 0 Å². The van der Waals surface area contributed by atoms with Crippen LogP contribution in [0.5, 0.6) is 11.5 Å². The number of benzene rings is 11. The van der Waals surface area contributed by atoms with Crippen molar-refractivity contribution in [1.29, 1.82) is 0 Å². The number of hydrogen-bond acceptors (Lipinski definition) is 1.